The van der Waals surface area contributed by atoms with Gasteiger partial charge in [-0.2, -0.15) is 0 Å². The number of aromatic carboxylic acids is 1. The Balaban J connectivity index is 2.38. The van der Waals surface area contributed by atoms with Crippen LogP contribution in [0.4, 0.5) is 0 Å². The Morgan fingerprint density at radius 3 is 2.33 bits per heavy atom. The first-order chi connectivity index (χ1) is 8.77. The van der Waals surface area contributed by atoms with Crippen molar-refractivity contribution in [3.05, 3.63) is 59.0 Å². The summed E-state index contributed by atoms with van der Waals surface area (Å²) in [6, 6.07) is 17.7. The van der Waals surface area contributed by atoms with E-state index >= 15 is 0 Å². The van der Waals surface area contributed by atoms with Gasteiger partial charge in [0.05, 0.1) is 0 Å². The van der Waals surface area contributed by atoms with Crippen molar-refractivity contribution in [1.29, 1.82) is 0 Å². The third-order valence-electron chi connectivity index (χ3n) is 2.85. The van der Waals surface area contributed by atoms with Crippen molar-refractivity contribution in [3.63, 3.8) is 0 Å². The molecule has 0 spiro atoms. The molecule has 3 heteroatoms. The zero-order valence-corrected chi connectivity index (χ0v) is 11.2. The summed E-state index contributed by atoms with van der Waals surface area (Å²) < 4.78 is 1.70. The van der Waals surface area contributed by atoms with Crippen LogP contribution in [0.15, 0.2) is 54.6 Å². The van der Waals surface area contributed by atoms with E-state index in [1.165, 1.54) is 0 Å². The van der Waals surface area contributed by atoms with Gasteiger partial charge in [0.25, 0.3) is 0 Å². The first kappa shape index (κ1) is 11.3. The molecule has 0 aliphatic heterocycles. The molecule has 0 aliphatic rings. The first-order valence-electron chi connectivity index (χ1n) is 5.57. The maximum absolute atomic E-state index is 11.4. The van der Waals surface area contributed by atoms with Gasteiger partial charge in [-0.05, 0) is 0 Å². The molecule has 1 heterocycles. The molecular weight excluding hydrogens is 291 g/mol. The van der Waals surface area contributed by atoms with E-state index < -0.39 is 5.97 Å². The van der Waals surface area contributed by atoms with E-state index in [0.717, 1.165) is 20.8 Å². The molecule has 18 heavy (non-hydrogen) atoms. The van der Waals surface area contributed by atoms with Crippen molar-refractivity contribution in [1.82, 2.24) is 0 Å². The standard InChI is InChI=1S/C15H10O2Se/c16-15(17)14-13(10-6-2-1-3-7-10)11-8-4-5-9-12(11)18-14/h1-9H,(H,16,17). The molecule has 2 nitrogen and oxygen atoms in total. The molecule has 0 saturated carbocycles. The number of rotatable bonds is 2. The molecule has 1 N–H and O–H groups in total. The number of hydrogen-bond acceptors (Lipinski definition) is 1. The summed E-state index contributed by atoms with van der Waals surface area (Å²) in [7, 11) is 0. The first-order valence-corrected chi connectivity index (χ1v) is 7.29. The third kappa shape index (κ3) is 1.78. The molecule has 1 aromatic heterocycles. The number of carboxylic acid groups (broad SMARTS) is 1. The van der Waals surface area contributed by atoms with Crippen LogP contribution in [-0.4, -0.2) is 25.6 Å². The van der Waals surface area contributed by atoms with Gasteiger partial charge in [-0.3, -0.25) is 0 Å². The van der Waals surface area contributed by atoms with Gasteiger partial charge in [0, 0.05) is 0 Å². The van der Waals surface area contributed by atoms with Crippen LogP contribution in [0.25, 0.3) is 20.8 Å². The van der Waals surface area contributed by atoms with Crippen molar-refractivity contribution < 1.29 is 9.90 Å². The van der Waals surface area contributed by atoms with E-state index in [2.05, 4.69) is 0 Å². The molecule has 0 amide bonds. The van der Waals surface area contributed by atoms with Crippen LogP contribution < -0.4 is 0 Å². The number of hydrogen-bond donors (Lipinski definition) is 1. The van der Waals surface area contributed by atoms with Crippen LogP contribution in [0.3, 0.4) is 0 Å². The third-order valence-corrected chi connectivity index (χ3v) is 5.28. The zero-order chi connectivity index (χ0) is 12.5. The molecule has 0 radical (unpaired) electrons. The van der Waals surface area contributed by atoms with Gasteiger partial charge < -0.3 is 0 Å². The minimum atomic E-state index is -0.801. The maximum atomic E-state index is 11.4. The fourth-order valence-electron chi connectivity index (χ4n) is 2.09. The number of fused-ring (bicyclic) bond motifs is 1. The normalized spacial score (nSPS) is 10.7. The van der Waals surface area contributed by atoms with E-state index in [1.807, 2.05) is 54.6 Å². The van der Waals surface area contributed by atoms with E-state index in [9.17, 15) is 9.90 Å². The molecule has 3 rings (SSSR count). The Labute approximate surface area is 110 Å². The molecule has 0 aliphatic carbocycles. The summed E-state index contributed by atoms with van der Waals surface area (Å²) in [5, 5.41) is 10.4. The molecule has 3 aromatic rings. The molecule has 0 fully saturated rings. The van der Waals surface area contributed by atoms with Gasteiger partial charge in [0.1, 0.15) is 0 Å². The molecule has 0 bridgehead atoms. The predicted octanol–water partition coefficient (Wildman–Crippen LogP) is 3.26. The summed E-state index contributed by atoms with van der Waals surface area (Å²) in [5.41, 5.74) is 1.88. The molecular formula is C15H10O2Se. The summed E-state index contributed by atoms with van der Waals surface area (Å²) in [6.45, 7) is 0. The Morgan fingerprint density at radius 1 is 0.944 bits per heavy atom. The second kappa shape index (κ2) is 4.45. The fraction of sp³-hybridized carbons (Fsp3) is 0. The summed E-state index contributed by atoms with van der Waals surface area (Å²) >= 11 is -0.104. The van der Waals surface area contributed by atoms with Crippen LogP contribution >= 0.6 is 0 Å². The van der Waals surface area contributed by atoms with Crippen molar-refractivity contribution in [3.8, 4) is 11.1 Å². The Hall–Kier alpha value is -1.83. The second-order valence-electron chi connectivity index (χ2n) is 3.97. The van der Waals surface area contributed by atoms with Crippen molar-refractivity contribution in [2.24, 2.45) is 0 Å². The number of benzene rings is 2. The van der Waals surface area contributed by atoms with Crippen molar-refractivity contribution in [2.45, 2.75) is 0 Å². The van der Waals surface area contributed by atoms with Crippen molar-refractivity contribution in [2.75, 3.05) is 0 Å². The average Bonchev–Trinajstić information content (AvgIpc) is 2.79. The van der Waals surface area contributed by atoms with Crippen LogP contribution in [0, 0.1) is 0 Å². The van der Waals surface area contributed by atoms with Crippen LogP contribution in [0.2, 0.25) is 0 Å². The minimum absolute atomic E-state index is 0.104. The Kier molecular flexibility index (Phi) is 2.78. The quantitative estimate of drug-likeness (QED) is 0.738. The van der Waals surface area contributed by atoms with Gasteiger partial charge in [-0.1, -0.05) is 0 Å². The molecule has 2 aromatic carbocycles. The van der Waals surface area contributed by atoms with Gasteiger partial charge in [-0.25, -0.2) is 0 Å². The van der Waals surface area contributed by atoms with Crippen LogP contribution in [0.5, 0.6) is 0 Å². The number of carboxylic acids is 1. The van der Waals surface area contributed by atoms with Gasteiger partial charge >= 0.3 is 110 Å². The summed E-state index contributed by atoms with van der Waals surface area (Å²) in [6.07, 6.45) is 0. The van der Waals surface area contributed by atoms with E-state index in [0.29, 0.717) is 4.44 Å². The molecule has 0 saturated heterocycles. The van der Waals surface area contributed by atoms with Gasteiger partial charge in [0.15, 0.2) is 0 Å². The second-order valence-corrected chi connectivity index (χ2v) is 6.18. The monoisotopic (exact) mass is 302 g/mol. The Morgan fingerprint density at radius 2 is 1.61 bits per heavy atom. The van der Waals surface area contributed by atoms with E-state index in [-0.39, 0.29) is 14.5 Å². The molecule has 0 atom stereocenters. The SMILES string of the molecule is O=C(O)c1[se]c2ccccc2c1-c1ccccc1. The number of carbonyl (C=O) groups is 1. The topological polar surface area (TPSA) is 37.3 Å². The summed E-state index contributed by atoms with van der Waals surface area (Å²) in [4.78, 5) is 11.4. The van der Waals surface area contributed by atoms with Crippen LogP contribution in [-0.2, 0) is 0 Å². The van der Waals surface area contributed by atoms with Gasteiger partial charge in [0.2, 0.25) is 0 Å². The van der Waals surface area contributed by atoms with Crippen LogP contribution in [0.1, 0.15) is 9.23 Å². The van der Waals surface area contributed by atoms with Crippen molar-refractivity contribution >= 4 is 30.1 Å². The average molecular weight is 301 g/mol. The van der Waals surface area contributed by atoms with E-state index in [4.69, 9.17) is 0 Å². The van der Waals surface area contributed by atoms with E-state index in [1.54, 1.807) is 0 Å². The fourth-order valence-corrected chi connectivity index (χ4v) is 4.32. The van der Waals surface area contributed by atoms with Gasteiger partial charge in [-0.15, -0.1) is 0 Å². The predicted molar refractivity (Wildman–Crippen MR) is 73.3 cm³/mol. The Bertz CT molecular complexity index is 714. The molecule has 88 valence electrons. The zero-order valence-electron chi connectivity index (χ0n) is 9.46. The molecule has 0 unspecified atom stereocenters. The summed E-state index contributed by atoms with van der Waals surface area (Å²) in [5.74, 6) is -0.801.